The Bertz CT molecular complexity index is 204. The van der Waals surface area contributed by atoms with Crippen LogP contribution in [-0.4, -0.2) is 44.2 Å². The van der Waals surface area contributed by atoms with Crippen LogP contribution in [0.15, 0.2) is 0 Å². The van der Waals surface area contributed by atoms with Crippen molar-refractivity contribution in [1.82, 2.24) is 4.90 Å². The van der Waals surface area contributed by atoms with E-state index in [0.717, 1.165) is 25.9 Å². The van der Waals surface area contributed by atoms with Crippen LogP contribution in [0.25, 0.3) is 0 Å². The van der Waals surface area contributed by atoms with Gasteiger partial charge in [0.2, 0.25) is 5.91 Å². The zero-order valence-corrected chi connectivity index (χ0v) is 12.3. The highest BCUT2D eigenvalue weighted by molar-refractivity contribution is 5.76. The van der Waals surface area contributed by atoms with Gasteiger partial charge in [0.25, 0.3) is 0 Å². The molecule has 2 N–H and O–H groups in total. The van der Waals surface area contributed by atoms with Gasteiger partial charge in [-0.2, -0.15) is 0 Å². The maximum absolute atomic E-state index is 12.0. The first-order valence-electron chi connectivity index (χ1n) is 7.16. The molecule has 1 unspecified atom stereocenters. The summed E-state index contributed by atoms with van der Waals surface area (Å²) in [6.45, 7) is 6.98. The molecule has 0 aromatic heterocycles. The van der Waals surface area contributed by atoms with E-state index in [1.165, 1.54) is 12.8 Å². The van der Waals surface area contributed by atoms with Crippen LogP contribution < -0.4 is 5.73 Å². The van der Waals surface area contributed by atoms with Crippen LogP contribution in [-0.2, 0) is 9.53 Å². The largest absolute Gasteiger partial charge is 0.383 e. The maximum atomic E-state index is 12.0. The third-order valence-corrected chi connectivity index (χ3v) is 3.34. The fourth-order valence-electron chi connectivity index (χ4n) is 2.22. The molecule has 108 valence electrons. The number of nitrogens with two attached hydrogens (primary N) is 1. The van der Waals surface area contributed by atoms with Crippen molar-refractivity contribution >= 4 is 5.91 Å². The zero-order chi connectivity index (χ0) is 13.8. The maximum Gasteiger partial charge on any atom is 0.222 e. The molecule has 0 aromatic rings. The van der Waals surface area contributed by atoms with Crippen LogP contribution in [0.5, 0.6) is 0 Å². The van der Waals surface area contributed by atoms with Crippen molar-refractivity contribution in [3.05, 3.63) is 0 Å². The molecule has 0 aliphatic carbocycles. The first kappa shape index (κ1) is 17.4. The Morgan fingerprint density at radius 2 is 2.00 bits per heavy atom. The smallest absolute Gasteiger partial charge is 0.222 e. The van der Waals surface area contributed by atoms with Crippen molar-refractivity contribution in [2.24, 2.45) is 11.7 Å². The molecule has 1 amide bonds. The normalized spacial score (nSPS) is 12.4. The summed E-state index contributed by atoms with van der Waals surface area (Å²) in [5, 5.41) is 0. The molecule has 0 spiro atoms. The third-order valence-electron chi connectivity index (χ3n) is 3.34. The average Bonchev–Trinajstić information content (AvgIpc) is 2.37. The molecular weight excluding hydrogens is 228 g/mol. The van der Waals surface area contributed by atoms with Gasteiger partial charge in [-0.25, -0.2) is 0 Å². The molecule has 0 saturated carbocycles. The van der Waals surface area contributed by atoms with Crippen molar-refractivity contribution in [2.75, 3.05) is 33.4 Å². The lowest BCUT2D eigenvalue weighted by Crippen LogP contribution is -2.33. The quantitative estimate of drug-likeness (QED) is 0.617. The number of ether oxygens (including phenoxy) is 1. The molecule has 0 fully saturated rings. The monoisotopic (exact) mass is 258 g/mol. The fourth-order valence-corrected chi connectivity index (χ4v) is 2.22. The van der Waals surface area contributed by atoms with Gasteiger partial charge in [-0.3, -0.25) is 4.79 Å². The summed E-state index contributed by atoms with van der Waals surface area (Å²) in [6, 6.07) is 0. The Labute approximate surface area is 112 Å². The summed E-state index contributed by atoms with van der Waals surface area (Å²) in [6.07, 6.45) is 4.98. The van der Waals surface area contributed by atoms with Gasteiger partial charge in [-0.1, -0.05) is 19.8 Å². The van der Waals surface area contributed by atoms with E-state index in [-0.39, 0.29) is 5.91 Å². The van der Waals surface area contributed by atoms with Gasteiger partial charge in [-0.05, 0) is 32.2 Å². The van der Waals surface area contributed by atoms with Crippen molar-refractivity contribution in [1.29, 1.82) is 0 Å². The van der Waals surface area contributed by atoms with Crippen molar-refractivity contribution in [3.63, 3.8) is 0 Å². The third kappa shape index (κ3) is 7.67. The lowest BCUT2D eigenvalue weighted by atomic mass is 9.94. The first-order valence-corrected chi connectivity index (χ1v) is 7.16. The fraction of sp³-hybridized carbons (Fsp3) is 0.929. The molecule has 0 aliphatic rings. The van der Waals surface area contributed by atoms with E-state index in [2.05, 4.69) is 6.92 Å². The zero-order valence-electron chi connectivity index (χ0n) is 12.3. The molecular formula is C14H30N2O2. The number of amides is 1. The average molecular weight is 258 g/mol. The van der Waals surface area contributed by atoms with E-state index in [4.69, 9.17) is 10.5 Å². The van der Waals surface area contributed by atoms with E-state index >= 15 is 0 Å². The molecule has 4 nitrogen and oxygen atoms in total. The van der Waals surface area contributed by atoms with E-state index in [1.807, 2.05) is 11.8 Å². The summed E-state index contributed by atoms with van der Waals surface area (Å²) in [4.78, 5) is 13.9. The summed E-state index contributed by atoms with van der Waals surface area (Å²) in [5.41, 5.74) is 5.61. The van der Waals surface area contributed by atoms with Gasteiger partial charge in [-0.15, -0.1) is 0 Å². The number of nitrogens with zero attached hydrogens (tertiary/aromatic N) is 1. The summed E-state index contributed by atoms with van der Waals surface area (Å²) >= 11 is 0. The van der Waals surface area contributed by atoms with Gasteiger partial charge >= 0.3 is 0 Å². The number of rotatable bonds is 11. The first-order chi connectivity index (χ1) is 8.69. The Kier molecular flexibility index (Phi) is 11.1. The predicted molar refractivity (Wildman–Crippen MR) is 75.4 cm³/mol. The standard InChI is InChI=1S/C14H30N2O2/c1-4-6-13(9-10-15)7-8-14(17)16(5-2)11-12-18-3/h13H,4-12,15H2,1-3H3. The number of carbonyl (C=O) groups is 1. The van der Waals surface area contributed by atoms with Crippen molar-refractivity contribution in [3.8, 4) is 0 Å². The Morgan fingerprint density at radius 3 is 2.50 bits per heavy atom. The minimum Gasteiger partial charge on any atom is -0.383 e. The van der Waals surface area contributed by atoms with Crippen LogP contribution in [0.1, 0.15) is 46.0 Å². The molecule has 0 aliphatic heterocycles. The molecule has 0 radical (unpaired) electrons. The SMILES string of the molecule is CCCC(CCN)CCC(=O)N(CC)CCOC. The summed E-state index contributed by atoms with van der Waals surface area (Å²) in [7, 11) is 1.66. The predicted octanol–water partition coefficient (Wildman–Crippen LogP) is 2.03. The lowest BCUT2D eigenvalue weighted by molar-refractivity contribution is -0.132. The molecule has 18 heavy (non-hydrogen) atoms. The molecule has 0 rings (SSSR count). The van der Waals surface area contributed by atoms with Crippen LogP contribution >= 0.6 is 0 Å². The topological polar surface area (TPSA) is 55.6 Å². The van der Waals surface area contributed by atoms with Gasteiger partial charge in [0.1, 0.15) is 0 Å². The molecule has 0 saturated heterocycles. The highest BCUT2D eigenvalue weighted by Gasteiger charge is 2.14. The lowest BCUT2D eigenvalue weighted by Gasteiger charge is -2.22. The molecule has 0 bridgehead atoms. The minimum absolute atomic E-state index is 0.243. The van der Waals surface area contributed by atoms with Gasteiger partial charge in [0.15, 0.2) is 0 Å². The van der Waals surface area contributed by atoms with Gasteiger partial charge < -0.3 is 15.4 Å². The summed E-state index contributed by atoms with van der Waals surface area (Å²) < 4.78 is 5.02. The summed E-state index contributed by atoms with van der Waals surface area (Å²) in [5.74, 6) is 0.845. The second kappa shape index (κ2) is 11.5. The Hall–Kier alpha value is -0.610. The van der Waals surface area contributed by atoms with E-state index in [1.54, 1.807) is 7.11 Å². The highest BCUT2D eigenvalue weighted by atomic mass is 16.5. The van der Waals surface area contributed by atoms with E-state index in [9.17, 15) is 4.79 Å². The number of methoxy groups -OCH3 is 1. The Morgan fingerprint density at radius 1 is 1.28 bits per heavy atom. The second-order valence-corrected chi connectivity index (χ2v) is 4.74. The number of carbonyl (C=O) groups excluding carboxylic acids is 1. The van der Waals surface area contributed by atoms with E-state index in [0.29, 0.717) is 25.5 Å². The number of hydrogen-bond acceptors (Lipinski definition) is 3. The molecule has 1 atom stereocenters. The molecule has 0 aromatic carbocycles. The minimum atomic E-state index is 0.243. The highest BCUT2D eigenvalue weighted by Crippen LogP contribution is 2.17. The van der Waals surface area contributed by atoms with Crippen LogP contribution in [0.3, 0.4) is 0 Å². The van der Waals surface area contributed by atoms with Gasteiger partial charge in [0.05, 0.1) is 6.61 Å². The molecule has 4 heteroatoms. The van der Waals surface area contributed by atoms with Crippen LogP contribution in [0.4, 0.5) is 0 Å². The van der Waals surface area contributed by atoms with Gasteiger partial charge in [0, 0.05) is 26.6 Å². The van der Waals surface area contributed by atoms with Crippen LogP contribution in [0.2, 0.25) is 0 Å². The van der Waals surface area contributed by atoms with E-state index < -0.39 is 0 Å². The second-order valence-electron chi connectivity index (χ2n) is 4.74. The Balaban J connectivity index is 4.02. The number of hydrogen-bond donors (Lipinski definition) is 1. The van der Waals surface area contributed by atoms with Crippen molar-refractivity contribution < 1.29 is 9.53 Å². The number of likely N-dealkylation sites (N-methyl/N-ethyl adjacent to an activating group) is 1. The molecule has 0 heterocycles. The van der Waals surface area contributed by atoms with Crippen LogP contribution in [0, 0.1) is 5.92 Å². The van der Waals surface area contributed by atoms with Crippen molar-refractivity contribution in [2.45, 2.75) is 46.0 Å².